The van der Waals surface area contributed by atoms with E-state index >= 15 is 0 Å². The number of alkyl halides is 11. The Kier molecular flexibility index (Phi) is 5.14. The standard InChI is InChI=1S/C16H14F11NO/c1-28(2)9-5-3-8(4-6-9)10(29)7-11(17)12(18,19)14(22,23)16(26,27)15(24,25)13(11,20)21/h3-6,10,29H,7H2,1-2H3. The van der Waals surface area contributed by atoms with Gasteiger partial charge in [-0.25, -0.2) is 4.39 Å². The van der Waals surface area contributed by atoms with E-state index in [1.807, 2.05) is 0 Å². The molecule has 1 unspecified atom stereocenters. The van der Waals surface area contributed by atoms with E-state index < -0.39 is 53.4 Å². The van der Waals surface area contributed by atoms with Crippen molar-refractivity contribution in [2.45, 2.75) is 47.8 Å². The third-order valence-corrected chi connectivity index (χ3v) is 4.84. The topological polar surface area (TPSA) is 23.5 Å². The molecular formula is C16H14F11NO. The van der Waals surface area contributed by atoms with Gasteiger partial charge in [-0.05, 0) is 17.7 Å². The second kappa shape index (κ2) is 6.35. The lowest BCUT2D eigenvalue weighted by molar-refractivity contribution is -0.487. The van der Waals surface area contributed by atoms with Gasteiger partial charge in [0, 0.05) is 26.2 Å². The summed E-state index contributed by atoms with van der Waals surface area (Å²) < 4.78 is 150. The van der Waals surface area contributed by atoms with Gasteiger partial charge in [0.1, 0.15) is 0 Å². The Morgan fingerprint density at radius 2 is 1.03 bits per heavy atom. The number of nitrogens with zero attached hydrogens (tertiary/aromatic N) is 1. The number of aliphatic hydroxyl groups is 1. The highest BCUT2D eigenvalue weighted by molar-refractivity contribution is 5.46. The average molecular weight is 445 g/mol. The second-order valence-corrected chi connectivity index (χ2v) is 6.88. The highest BCUT2D eigenvalue weighted by atomic mass is 19.4. The second-order valence-electron chi connectivity index (χ2n) is 6.88. The molecule has 2 rings (SSSR count). The molecule has 0 spiro atoms. The summed E-state index contributed by atoms with van der Waals surface area (Å²) in [6, 6.07) is 4.21. The molecule has 2 nitrogen and oxygen atoms in total. The molecule has 1 fully saturated rings. The number of rotatable bonds is 4. The Morgan fingerprint density at radius 3 is 1.38 bits per heavy atom. The molecule has 0 amide bonds. The summed E-state index contributed by atoms with van der Waals surface area (Å²) >= 11 is 0. The maximum atomic E-state index is 14.6. The van der Waals surface area contributed by atoms with Crippen LogP contribution in [0.15, 0.2) is 24.3 Å². The highest BCUT2D eigenvalue weighted by Crippen LogP contribution is 2.70. The molecule has 166 valence electrons. The summed E-state index contributed by atoms with van der Waals surface area (Å²) in [5.74, 6) is -35.5. The number of benzene rings is 1. The van der Waals surface area contributed by atoms with Gasteiger partial charge in [0.2, 0.25) is 0 Å². The fourth-order valence-electron chi connectivity index (χ4n) is 2.92. The predicted molar refractivity (Wildman–Crippen MR) is 78.9 cm³/mol. The molecule has 0 aliphatic heterocycles. The van der Waals surface area contributed by atoms with Gasteiger partial charge in [-0.2, -0.15) is 43.9 Å². The van der Waals surface area contributed by atoms with Crippen molar-refractivity contribution >= 4 is 5.69 Å². The molecule has 1 aromatic rings. The van der Waals surface area contributed by atoms with Crippen molar-refractivity contribution in [3.8, 4) is 0 Å². The molecule has 1 saturated carbocycles. The van der Waals surface area contributed by atoms with E-state index in [1.54, 1.807) is 14.1 Å². The molecule has 1 aliphatic rings. The molecule has 0 bridgehead atoms. The fourth-order valence-corrected chi connectivity index (χ4v) is 2.92. The number of hydrogen-bond donors (Lipinski definition) is 1. The van der Waals surface area contributed by atoms with E-state index in [9.17, 15) is 53.4 Å². The van der Waals surface area contributed by atoms with Crippen molar-refractivity contribution in [2.75, 3.05) is 19.0 Å². The van der Waals surface area contributed by atoms with Crippen molar-refractivity contribution in [3.63, 3.8) is 0 Å². The van der Waals surface area contributed by atoms with E-state index in [0.29, 0.717) is 5.69 Å². The third-order valence-electron chi connectivity index (χ3n) is 4.84. The Labute approximate surface area is 156 Å². The molecule has 0 heterocycles. The van der Waals surface area contributed by atoms with Crippen molar-refractivity contribution in [1.29, 1.82) is 0 Å². The van der Waals surface area contributed by atoms with Crippen LogP contribution in [0, 0.1) is 0 Å². The normalized spacial score (nSPS) is 26.6. The maximum Gasteiger partial charge on any atom is 0.384 e. The third kappa shape index (κ3) is 2.72. The van der Waals surface area contributed by atoms with Crippen molar-refractivity contribution < 1.29 is 53.4 Å². The zero-order valence-corrected chi connectivity index (χ0v) is 14.6. The highest BCUT2D eigenvalue weighted by Gasteiger charge is 3.00. The predicted octanol–water partition coefficient (Wildman–Crippen LogP) is 5.07. The van der Waals surface area contributed by atoms with Crippen LogP contribution in [0.2, 0.25) is 0 Å². The Bertz CT molecular complexity index is 731. The molecule has 1 aliphatic carbocycles. The van der Waals surface area contributed by atoms with Gasteiger partial charge in [0.15, 0.2) is 0 Å². The largest absolute Gasteiger partial charge is 0.388 e. The lowest BCUT2D eigenvalue weighted by Gasteiger charge is -2.52. The fraction of sp³-hybridized carbons (Fsp3) is 0.625. The van der Waals surface area contributed by atoms with Crippen LogP contribution in [-0.2, 0) is 0 Å². The van der Waals surface area contributed by atoms with Gasteiger partial charge < -0.3 is 10.0 Å². The minimum Gasteiger partial charge on any atom is -0.388 e. The van der Waals surface area contributed by atoms with Crippen LogP contribution in [0.4, 0.5) is 54.0 Å². The SMILES string of the molecule is CN(C)c1ccc(C(O)CC2(F)C(F)(F)C(F)(F)C(F)(F)C(F)(F)C2(F)F)cc1. The smallest absolute Gasteiger partial charge is 0.384 e. The van der Waals surface area contributed by atoms with Crippen molar-refractivity contribution in [2.24, 2.45) is 0 Å². The minimum absolute atomic E-state index is 0.432. The summed E-state index contributed by atoms with van der Waals surface area (Å²) in [7, 11) is 3.10. The number of anilines is 1. The number of aliphatic hydroxyl groups excluding tert-OH is 1. The molecule has 0 radical (unpaired) electrons. The Hall–Kier alpha value is -1.79. The Morgan fingerprint density at radius 1 is 0.690 bits per heavy atom. The summed E-state index contributed by atoms with van der Waals surface area (Å²) in [6.07, 6.45) is -5.42. The van der Waals surface area contributed by atoms with Crippen LogP contribution in [-0.4, -0.2) is 54.5 Å². The zero-order valence-electron chi connectivity index (χ0n) is 14.6. The first kappa shape index (κ1) is 23.5. The lowest BCUT2D eigenvalue weighted by atomic mass is 9.69. The average Bonchev–Trinajstić information content (AvgIpc) is 2.59. The molecule has 1 N–H and O–H groups in total. The van der Waals surface area contributed by atoms with Gasteiger partial charge in [-0.15, -0.1) is 0 Å². The summed E-state index contributed by atoms with van der Waals surface area (Å²) in [6.45, 7) is 0. The van der Waals surface area contributed by atoms with Crippen molar-refractivity contribution in [3.05, 3.63) is 29.8 Å². The monoisotopic (exact) mass is 445 g/mol. The van der Waals surface area contributed by atoms with Gasteiger partial charge >= 0.3 is 29.6 Å². The van der Waals surface area contributed by atoms with E-state index in [0.717, 1.165) is 12.1 Å². The summed E-state index contributed by atoms with van der Waals surface area (Å²) in [4.78, 5) is 1.50. The molecule has 0 saturated heterocycles. The van der Waals surface area contributed by atoms with E-state index in [-0.39, 0.29) is 0 Å². The first-order valence-corrected chi connectivity index (χ1v) is 7.83. The first-order chi connectivity index (χ1) is 12.8. The molecule has 1 aromatic carbocycles. The van der Waals surface area contributed by atoms with E-state index in [2.05, 4.69) is 0 Å². The number of halogens is 11. The zero-order chi connectivity index (χ0) is 22.8. The molecular weight excluding hydrogens is 431 g/mol. The lowest BCUT2D eigenvalue weighted by Crippen LogP contribution is -2.83. The van der Waals surface area contributed by atoms with Crippen molar-refractivity contribution in [1.82, 2.24) is 0 Å². The van der Waals surface area contributed by atoms with E-state index in [4.69, 9.17) is 0 Å². The van der Waals surface area contributed by atoms with Gasteiger partial charge in [-0.1, -0.05) is 12.1 Å². The first-order valence-electron chi connectivity index (χ1n) is 7.83. The molecule has 29 heavy (non-hydrogen) atoms. The maximum absolute atomic E-state index is 14.6. The van der Waals surface area contributed by atoms with Gasteiger partial charge in [0.05, 0.1) is 6.10 Å². The van der Waals surface area contributed by atoms with Crippen LogP contribution in [0.25, 0.3) is 0 Å². The van der Waals surface area contributed by atoms with Crippen LogP contribution in [0.5, 0.6) is 0 Å². The number of hydrogen-bond acceptors (Lipinski definition) is 2. The minimum atomic E-state index is -7.26. The molecule has 1 atom stereocenters. The van der Waals surface area contributed by atoms with Crippen LogP contribution in [0.3, 0.4) is 0 Å². The quantitative estimate of drug-likeness (QED) is 0.654. The summed E-state index contributed by atoms with van der Waals surface area (Å²) in [5, 5.41) is 9.80. The Balaban J connectivity index is 2.56. The van der Waals surface area contributed by atoms with Crippen LogP contribution < -0.4 is 4.90 Å². The van der Waals surface area contributed by atoms with Crippen LogP contribution in [0.1, 0.15) is 18.1 Å². The molecule has 13 heteroatoms. The van der Waals surface area contributed by atoms with E-state index in [1.165, 1.54) is 17.0 Å². The van der Waals surface area contributed by atoms with Crippen LogP contribution >= 0.6 is 0 Å². The van der Waals surface area contributed by atoms with Gasteiger partial charge in [0.25, 0.3) is 5.67 Å². The van der Waals surface area contributed by atoms with Gasteiger partial charge in [-0.3, -0.25) is 0 Å². The summed E-state index contributed by atoms with van der Waals surface area (Å²) in [5.41, 5.74) is -6.33. The molecule has 0 aromatic heterocycles.